The largest absolute Gasteiger partial charge is 0.479 e. The molecule has 1 fully saturated rings. The van der Waals surface area contributed by atoms with Crippen molar-refractivity contribution in [3.63, 3.8) is 0 Å². The van der Waals surface area contributed by atoms with Crippen LogP contribution in [-0.2, 0) is 20.7 Å². The summed E-state index contributed by atoms with van der Waals surface area (Å²) in [6.07, 6.45) is -0.816. The number of carbonyl (C=O) groups is 2. The smallest absolute Gasteiger partial charge is 0.332 e. The van der Waals surface area contributed by atoms with E-state index in [0.29, 0.717) is 18.4 Å². The first-order chi connectivity index (χ1) is 9.95. The minimum atomic E-state index is -1.08. The van der Waals surface area contributed by atoms with Crippen molar-refractivity contribution in [1.82, 2.24) is 5.32 Å². The van der Waals surface area contributed by atoms with Gasteiger partial charge in [0.05, 0.1) is 0 Å². The number of aliphatic carboxylic acids is 1. The van der Waals surface area contributed by atoms with Crippen LogP contribution in [0.3, 0.4) is 0 Å². The third kappa shape index (κ3) is 4.22. The Labute approximate surface area is 119 Å². The van der Waals surface area contributed by atoms with Gasteiger partial charge in [0.1, 0.15) is 17.7 Å². The van der Waals surface area contributed by atoms with Gasteiger partial charge in [-0.15, -0.1) is 0 Å². The van der Waals surface area contributed by atoms with E-state index in [0.717, 1.165) is 6.07 Å². The maximum absolute atomic E-state index is 13.0. The Morgan fingerprint density at radius 1 is 1.19 bits per heavy atom. The van der Waals surface area contributed by atoms with Gasteiger partial charge in [-0.25, -0.2) is 13.6 Å². The average Bonchev–Trinajstić information content (AvgIpc) is 2.87. The number of hydrogen-bond donors (Lipinski definition) is 2. The fraction of sp³-hybridized carbons (Fsp3) is 0.429. The summed E-state index contributed by atoms with van der Waals surface area (Å²) in [5.41, 5.74) is 0.434. The van der Waals surface area contributed by atoms with Crippen LogP contribution < -0.4 is 5.32 Å². The number of carboxylic acids is 1. The maximum Gasteiger partial charge on any atom is 0.332 e. The van der Waals surface area contributed by atoms with Gasteiger partial charge in [-0.3, -0.25) is 4.79 Å². The molecular weight excluding hydrogens is 284 g/mol. The molecule has 1 aromatic rings. The summed E-state index contributed by atoms with van der Waals surface area (Å²) in [5, 5.41) is 11.3. The van der Waals surface area contributed by atoms with E-state index < -0.39 is 35.7 Å². The third-order valence-electron chi connectivity index (χ3n) is 3.22. The van der Waals surface area contributed by atoms with Crippen molar-refractivity contribution in [1.29, 1.82) is 0 Å². The van der Waals surface area contributed by atoms with Gasteiger partial charge in [0.25, 0.3) is 0 Å². The Hall–Kier alpha value is -2.02. The van der Waals surface area contributed by atoms with Crippen LogP contribution >= 0.6 is 0 Å². The zero-order valence-electron chi connectivity index (χ0n) is 11.1. The SMILES string of the molecule is O=C(O)C1CCC(C(=O)NCCc2cc(F)cc(F)c2)O1. The van der Waals surface area contributed by atoms with Crippen LogP contribution in [0, 0.1) is 11.6 Å². The molecule has 7 heteroatoms. The summed E-state index contributed by atoms with van der Waals surface area (Å²) in [4.78, 5) is 22.5. The lowest BCUT2D eigenvalue weighted by Crippen LogP contribution is -2.36. The molecule has 0 aliphatic carbocycles. The van der Waals surface area contributed by atoms with Crippen molar-refractivity contribution >= 4 is 11.9 Å². The molecule has 1 saturated heterocycles. The molecule has 2 N–H and O–H groups in total. The molecule has 0 saturated carbocycles. The van der Waals surface area contributed by atoms with Gasteiger partial charge >= 0.3 is 5.97 Å². The molecule has 2 unspecified atom stereocenters. The Kier molecular flexibility index (Phi) is 4.85. The van der Waals surface area contributed by atoms with E-state index >= 15 is 0 Å². The van der Waals surface area contributed by atoms with E-state index in [-0.39, 0.29) is 13.0 Å². The van der Waals surface area contributed by atoms with Gasteiger partial charge < -0.3 is 15.2 Å². The second-order valence-corrected chi connectivity index (χ2v) is 4.85. The lowest BCUT2D eigenvalue weighted by molar-refractivity contribution is -0.151. The molecule has 2 atom stereocenters. The summed E-state index contributed by atoms with van der Waals surface area (Å²) < 4.78 is 31.0. The van der Waals surface area contributed by atoms with Gasteiger partial charge in [0, 0.05) is 12.6 Å². The average molecular weight is 299 g/mol. The molecule has 1 heterocycles. The van der Waals surface area contributed by atoms with Crippen molar-refractivity contribution in [2.75, 3.05) is 6.54 Å². The molecule has 5 nitrogen and oxygen atoms in total. The van der Waals surface area contributed by atoms with Gasteiger partial charge in [-0.05, 0) is 37.0 Å². The number of benzene rings is 1. The Balaban J connectivity index is 1.78. The van der Waals surface area contributed by atoms with E-state index in [2.05, 4.69) is 5.32 Å². The van der Waals surface area contributed by atoms with E-state index in [1.807, 2.05) is 0 Å². The molecule has 0 spiro atoms. The minimum absolute atomic E-state index is 0.194. The molecular formula is C14H15F2NO4. The zero-order valence-corrected chi connectivity index (χ0v) is 11.1. The fourth-order valence-electron chi connectivity index (χ4n) is 2.21. The van der Waals surface area contributed by atoms with Crippen molar-refractivity contribution < 1.29 is 28.2 Å². The number of hydrogen-bond acceptors (Lipinski definition) is 3. The molecule has 1 aromatic carbocycles. The number of carbonyl (C=O) groups excluding carboxylic acids is 1. The number of rotatable bonds is 5. The summed E-state index contributed by atoms with van der Waals surface area (Å²) in [7, 11) is 0. The van der Waals surface area contributed by atoms with Crippen LogP contribution in [0.4, 0.5) is 8.78 Å². The number of ether oxygens (including phenoxy) is 1. The van der Waals surface area contributed by atoms with Crippen LogP contribution in [0.2, 0.25) is 0 Å². The Morgan fingerprint density at radius 3 is 2.38 bits per heavy atom. The van der Waals surface area contributed by atoms with Gasteiger partial charge in [0.2, 0.25) is 5.91 Å². The highest BCUT2D eigenvalue weighted by atomic mass is 19.1. The predicted octanol–water partition coefficient (Wildman–Crippen LogP) is 1.26. The molecule has 1 aliphatic heterocycles. The van der Waals surface area contributed by atoms with Crippen molar-refractivity contribution in [3.8, 4) is 0 Å². The Morgan fingerprint density at radius 2 is 1.81 bits per heavy atom. The number of halogens is 2. The molecule has 1 amide bonds. The van der Waals surface area contributed by atoms with E-state index in [9.17, 15) is 18.4 Å². The number of carboxylic acid groups (broad SMARTS) is 1. The normalized spacial score (nSPS) is 21.2. The highest BCUT2D eigenvalue weighted by molar-refractivity contribution is 5.82. The molecule has 0 aromatic heterocycles. The zero-order chi connectivity index (χ0) is 15.4. The van der Waals surface area contributed by atoms with Crippen LogP contribution in [0.5, 0.6) is 0 Å². The van der Waals surface area contributed by atoms with Crippen molar-refractivity contribution in [3.05, 3.63) is 35.4 Å². The molecule has 114 valence electrons. The third-order valence-corrected chi connectivity index (χ3v) is 3.22. The molecule has 0 bridgehead atoms. The number of nitrogens with one attached hydrogen (secondary N) is 1. The van der Waals surface area contributed by atoms with E-state index in [4.69, 9.17) is 9.84 Å². The molecule has 0 radical (unpaired) electrons. The van der Waals surface area contributed by atoms with Gasteiger partial charge in [-0.2, -0.15) is 0 Å². The summed E-state index contributed by atoms with van der Waals surface area (Å²) in [5.74, 6) is -2.82. The monoisotopic (exact) mass is 299 g/mol. The highest BCUT2D eigenvalue weighted by Crippen LogP contribution is 2.19. The first-order valence-electron chi connectivity index (χ1n) is 6.56. The number of amides is 1. The standard InChI is InChI=1S/C14H15F2NO4/c15-9-5-8(6-10(16)7-9)3-4-17-13(18)11-1-2-12(21-11)14(19)20/h5-7,11-12H,1-4H2,(H,17,18)(H,19,20). The summed E-state index contributed by atoms with van der Waals surface area (Å²) in [6, 6.07) is 3.17. The Bertz CT molecular complexity index is 530. The van der Waals surface area contributed by atoms with Crippen LogP contribution in [0.1, 0.15) is 18.4 Å². The van der Waals surface area contributed by atoms with Crippen LogP contribution in [-0.4, -0.2) is 35.7 Å². The van der Waals surface area contributed by atoms with Crippen LogP contribution in [0.15, 0.2) is 18.2 Å². The van der Waals surface area contributed by atoms with Gasteiger partial charge in [-0.1, -0.05) is 0 Å². The van der Waals surface area contributed by atoms with Crippen molar-refractivity contribution in [2.45, 2.75) is 31.5 Å². The topological polar surface area (TPSA) is 75.6 Å². The van der Waals surface area contributed by atoms with E-state index in [1.54, 1.807) is 0 Å². The van der Waals surface area contributed by atoms with Crippen molar-refractivity contribution in [2.24, 2.45) is 0 Å². The van der Waals surface area contributed by atoms with Crippen LogP contribution in [0.25, 0.3) is 0 Å². The highest BCUT2D eigenvalue weighted by Gasteiger charge is 2.34. The second kappa shape index (κ2) is 6.62. The fourth-order valence-corrected chi connectivity index (χ4v) is 2.21. The maximum atomic E-state index is 13.0. The quantitative estimate of drug-likeness (QED) is 0.858. The molecule has 21 heavy (non-hydrogen) atoms. The van der Waals surface area contributed by atoms with Gasteiger partial charge in [0.15, 0.2) is 6.10 Å². The summed E-state index contributed by atoms with van der Waals surface area (Å²) in [6.45, 7) is 0.194. The second-order valence-electron chi connectivity index (χ2n) is 4.85. The van der Waals surface area contributed by atoms with E-state index in [1.165, 1.54) is 12.1 Å². The molecule has 1 aliphatic rings. The summed E-state index contributed by atoms with van der Waals surface area (Å²) >= 11 is 0. The lowest BCUT2D eigenvalue weighted by atomic mass is 10.1. The minimum Gasteiger partial charge on any atom is -0.479 e. The first-order valence-corrected chi connectivity index (χ1v) is 6.56. The molecule has 2 rings (SSSR count). The lowest BCUT2D eigenvalue weighted by Gasteiger charge is -2.11. The predicted molar refractivity (Wildman–Crippen MR) is 68.6 cm³/mol. The first kappa shape index (κ1) is 15.4.